The normalized spacial score (nSPS) is 23.5. The van der Waals surface area contributed by atoms with E-state index in [1.807, 2.05) is 4.90 Å². The molecule has 0 radical (unpaired) electrons. The van der Waals surface area contributed by atoms with Gasteiger partial charge in [0.1, 0.15) is 0 Å². The van der Waals surface area contributed by atoms with Crippen LogP contribution in [0.3, 0.4) is 0 Å². The number of hydrogen-bond donors (Lipinski definition) is 1. The van der Waals surface area contributed by atoms with Gasteiger partial charge in [0.05, 0.1) is 5.25 Å². The third-order valence-corrected chi connectivity index (χ3v) is 4.00. The van der Waals surface area contributed by atoms with Crippen LogP contribution >= 0.6 is 12.6 Å². The van der Waals surface area contributed by atoms with Crippen molar-refractivity contribution in [2.45, 2.75) is 45.3 Å². The Hall–Kier alpha value is -0.180. The minimum atomic E-state index is -0.120. The number of hydrogen-bond acceptors (Lipinski definition) is 2. The van der Waals surface area contributed by atoms with Crippen LogP contribution < -0.4 is 0 Å². The van der Waals surface area contributed by atoms with Gasteiger partial charge in [-0.05, 0) is 24.7 Å². The quantitative estimate of drug-likeness (QED) is 0.735. The molecule has 0 aromatic carbocycles. The first-order valence-electron chi connectivity index (χ1n) is 6.03. The number of amides is 1. The zero-order valence-corrected chi connectivity index (χ0v) is 11.0. The fourth-order valence-corrected chi connectivity index (χ4v) is 2.31. The van der Waals surface area contributed by atoms with Crippen LogP contribution in [0.4, 0.5) is 0 Å². The molecule has 0 N–H and O–H groups in total. The van der Waals surface area contributed by atoms with Crippen molar-refractivity contribution in [1.82, 2.24) is 4.90 Å². The number of carbonyl (C=O) groups excluding carboxylic acids is 1. The van der Waals surface area contributed by atoms with Crippen LogP contribution in [0.15, 0.2) is 0 Å². The molecule has 1 aliphatic rings. The Morgan fingerprint density at radius 2 is 2.20 bits per heavy atom. The lowest BCUT2D eigenvalue weighted by Crippen LogP contribution is -2.37. The molecule has 0 aromatic heterocycles. The molecule has 1 amide bonds. The van der Waals surface area contributed by atoms with E-state index < -0.39 is 0 Å². The third kappa shape index (κ3) is 3.40. The van der Waals surface area contributed by atoms with Gasteiger partial charge in [-0.3, -0.25) is 4.79 Å². The summed E-state index contributed by atoms with van der Waals surface area (Å²) >= 11 is 4.39. The van der Waals surface area contributed by atoms with E-state index in [4.69, 9.17) is 0 Å². The maximum Gasteiger partial charge on any atom is 0.235 e. The van der Waals surface area contributed by atoms with Crippen molar-refractivity contribution in [3.63, 3.8) is 0 Å². The van der Waals surface area contributed by atoms with Crippen molar-refractivity contribution in [2.24, 2.45) is 11.8 Å². The highest BCUT2D eigenvalue weighted by Crippen LogP contribution is 2.23. The standard InChI is InChI=1S/C12H23NOS/c1-4-5-10-6-7-13(8-10)12(14)11(15)9(2)3/h9-11,15H,4-8H2,1-3H3. The Kier molecular flexibility index (Phi) is 4.97. The molecule has 0 bridgehead atoms. The highest BCUT2D eigenvalue weighted by Gasteiger charge is 2.29. The first-order chi connectivity index (χ1) is 7.06. The number of thiol groups is 1. The van der Waals surface area contributed by atoms with Gasteiger partial charge in [-0.25, -0.2) is 0 Å². The molecular weight excluding hydrogens is 206 g/mol. The Morgan fingerprint density at radius 3 is 2.73 bits per heavy atom. The zero-order chi connectivity index (χ0) is 11.4. The van der Waals surface area contributed by atoms with E-state index >= 15 is 0 Å². The summed E-state index contributed by atoms with van der Waals surface area (Å²) in [5.41, 5.74) is 0. The van der Waals surface area contributed by atoms with Crippen molar-refractivity contribution in [2.75, 3.05) is 13.1 Å². The molecule has 2 atom stereocenters. The molecule has 2 nitrogen and oxygen atoms in total. The number of likely N-dealkylation sites (tertiary alicyclic amines) is 1. The SMILES string of the molecule is CCCC1CCN(C(=O)C(S)C(C)C)C1. The lowest BCUT2D eigenvalue weighted by molar-refractivity contribution is -0.130. The molecule has 1 heterocycles. The molecule has 15 heavy (non-hydrogen) atoms. The summed E-state index contributed by atoms with van der Waals surface area (Å²) in [5.74, 6) is 1.28. The van der Waals surface area contributed by atoms with Gasteiger partial charge in [-0.2, -0.15) is 12.6 Å². The lowest BCUT2D eigenvalue weighted by Gasteiger charge is -2.22. The van der Waals surface area contributed by atoms with Crippen LogP contribution in [0.2, 0.25) is 0 Å². The monoisotopic (exact) mass is 229 g/mol. The molecule has 0 spiro atoms. The van der Waals surface area contributed by atoms with E-state index in [9.17, 15) is 4.79 Å². The highest BCUT2D eigenvalue weighted by molar-refractivity contribution is 7.81. The minimum Gasteiger partial charge on any atom is -0.341 e. The van der Waals surface area contributed by atoms with E-state index in [-0.39, 0.29) is 11.2 Å². The molecule has 1 aliphatic heterocycles. The van der Waals surface area contributed by atoms with Crippen molar-refractivity contribution >= 4 is 18.5 Å². The van der Waals surface area contributed by atoms with Crippen molar-refractivity contribution in [1.29, 1.82) is 0 Å². The molecule has 0 saturated carbocycles. The van der Waals surface area contributed by atoms with Gasteiger partial charge in [0.2, 0.25) is 5.91 Å². The maximum absolute atomic E-state index is 12.0. The highest BCUT2D eigenvalue weighted by atomic mass is 32.1. The molecule has 1 fully saturated rings. The second-order valence-corrected chi connectivity index (χ2v) is 5.47. The smallest absolute Gasteiger partial charge is 0.235 e. The van der Waals surface area contributed by atoms with Crippen LogP contribution in [0.25, 0.3) is 0 Å². The van der Waals surface area contributed by atoms with Gasteiger partial charge in [0.15, 0.2) is 0 Å². The van der Waals surface area contributed by atoms with Gasteiger partial charge in [-0.15, -0.1) is 0 Å². The van der Waals surface area contributed by atoms with Crippen molar-refractivity contribution in [3.05, 3.63) is 0 Å². The Labute approximate surface area is 98.8 Å². The van der Waals surface area contributed by atoms with E-state index in [1.165, 1.54) is 19.3 Å². The molecule has 1 rings (SSSR count). The lowest BCUT2D eigenvalue weighted by atomic mass is 10.0. The van der Waals surface area contributed by atoms with E-state index in [1.54, 1.807) is 0 Å². The van der Waals surface area contributed by atoms with Crippen LogP contribution in [0.1, 0.15) is 40.0 Å². The molecular formula is C12H23NOS. The Balaban J connectivity index is 2.43. The molecule has 88 valence electrons. The van der Waals surface area contributed by atoms with Crippen LogP contribution in [0, 0.1) is 11.8 Å². The zero-order valence-electron chi connectivity index (χ0n) is 10.1. The second kappa shape index (κ2) is 5.78. The van der Waals surface area contributed by atoms with Gasteiger partial charge in [0, 0.05) is 13.1 Å². The van der Waals surface area contributed by atoms with Crippen LogP contribution in [-0.4, -0.2) is 29.1 Å². The average Bonchev–Trinajstić information content (AvgIpc) is 2.64. The summed E-state index contributed by atoms with van der Waals surface area (Å²) in [7, 11) is 0. The van der Waals surface area contributed by atoms with Gasteiger partial charge >= 0.3 is 0 Å². The van der Waals surface area contributed by atoms with Crippen molar-refractivity contribution < 1.29 is 4.79 Å². The van der Waals surface area contributed by atoms with E-state index in [2.05, 4.69) is 33.4 Å². The van der Waals surface area contributed by atoms with Crippen LogP contribution in [-0.2, 0) is 4.79 Å². The molecule has 0 aliphatic carbocycles. The van der Waals surface area contributed by atoms with Gasteiger partial charge < -0.3 is 4.90 Å². The molecule has 0 aromatic rings. The van der Waals surface area contributed by atoms with Gasteiger partial charge in [0.25, 0.3) is 0 Å². The third-order valence-electron chi connectivity index (χ3n) is 3.18. The van der Waals surface area contributed by atoms with Crippen LogP contribution in [0.5, 0.6) is 0 Å². The fraction of sp³-hybridized carbons (Fsp3) is 0.917. The first kappa shape index (κ1) is 12.9. The number of rotatable bonds is 4. The average molecular weight is 229 g/mol. The van der Waals surface area contributed by atoms with E-state index in [0.717, 1.165) is 19.0 Å². The van der Waals surface area contributed by atoms with Crippen molar-refractivity contribution in [3.8, 4) is 0 Å². The molecule has 2 unspecified atom stereocenters. The summed E-state index contributed by atoms with van der Waals surface area (Å²) in [5, 5.41) is -0.120. The molecule has 1 saturated heterocycles. The first-order valence-corrected chi connectivity index (χ1v) is 6.54. The summed E-state index contributed by atoms with van der Waals surface area (Å²) in [6, 6.07) is 0. The predicted molar refractivity (Wildman–Crippen MR) is 67.2 cm³/mol. The maximum atomic E-state index is 12.0. The summed E-state index contributed by atoms with van der Waals surface area (Å²) in [4.78, 5) is 14.0. The number of nitrogens with zero attached hydrogens (tertiary/aromatic N) is 1. The summed E-state index contributed by atoms with van der Waals surface area (Å²) < 4.78 is 0. The summed E-state index contributed by atoms with van der Waals surface area (Å²) in [6.07, 6.45) is 3.65. The van der Waals surface area contributed by atoms with Gasteiger partial charge in [-0.1, -0.05) is 27.2 Å². The topological polar surface area (TPSA) is 20.3 Å². The second-order valence-electron chi connectivity index (χ2n) is 4.92. The minimum absolute atomic E-state index is 0.120. The number of carbonyl (C=O) groups is 1. The molecule has 3 heteroatoms. The van der Waals surface area contributed by atoms with E-state index in [0.29, 0.717) is 5.92 Å². The largest absolute Gasteiger partial charge is 0.341 e. The predicted octanol–water partition coefficient (Wildman–Crippen LogP) is 2.59. The fourth-order valence-electron chi connectivity index (χ4n) is 2.15. The Bertz CT molecular complexity index is 218. The summed E-state index contributed by atoms with van der Waals surface area (Å²) in [6.45, 7) is 8.20. The Morgan fingerprint density at radius 1 is 1.53 bits per heavy atom.